The molecule has 3 unspecified atom stereocenters. The summed E-state index contributed by atoms with van der Waals surface area (Å²) in [5, 5.41) is 18.6. The molecule has 1 aliphatic rings. The van der Waals surface area contributed by atoms with E-state index in [1.54, 1.807) is 0 Å². The van der Waals surface area contributed by atoms with Crippen molar-refractivity contribution in [3.8, 4) is 0 Å². The van der Waals surface area contributed by atoms with Gasteiger partial charge in [-0.05, 0) is 0 Å². The van der Waals surface area contributed by atoms with Crippen LogP contribution in [0.4, 0.5) is 0 Å². The van der Waals surface area contributed by atoms with Gasteiger partial charge in [0.05, 0.1) is 24.9 Å². The molecule has 0 aliphatic carbocycles. The van der Waals surface area contributed by atoms with E-state index < -0.39 is 29.7 Å². The third-order valence-corrected chi connectivity index (χ3v) is 3.04. The lowest BCUT2D eigenvalue weighted by molar-refractivity contribution is -0.0460. The van der Waals surface area contributed by atoms with Gasteiger partial charge in [-0.3, -0.25) is 14.3 Å². The van der Waals surface area contributed by atoms with Crippen LogP contribution in [0.5, 0.6) is 0 Å². The molecule has 19 heavy (non-hydrogen) atoms. The van der Waals surface area contributed by atoms with Crippen LogP contribution in [-0.2, 0) is 16.1 Å². The Bertz CT molecular complexity index is 551. The SMILES string of the molecule is COCc1cn(C2CC(O)C(CO)O2)c(=O)[nH]c1=O. The highest BCUT2D eigenvalue weighted by atomic mass is 16.5. The largest absolute Gasteiger partial charge is 0.394 e. The molecule has 2 rings (SSSR count). The van der Waals surface area contributed by atoms with E-state index >= 15 is 0 Å². The lowest BCUT2D eigenvalue weighted by Gasteiger charge is -2.15. The summed E-state index contributed by atoms with van der Waals surface area (Å²) in [5.74, 6) is 0. The van der Waals surface area contributed by atoms with Crippen molar-refractivity contribution in [1.29, 1.82) is 0 Å². The Labute approximate surface area is 108 Å². The minimum Gasteiger partial charge on any atom is -0.394 e. The fourth-order valence-corrected chi connectivity index (χ4v) is 2.05. The van der Waals surface area contributed by atoms with Gasteiger partial charge in [-0.1, -0.05) is 0 Å². The Morgan fingerprint density at radius 3 is 2.89 bits per heavy atom. The van der Waals surface area contributed by atoms with Gasteiger partial charge in [-0.15, -0.1) is 0 Å². The first-order chi connectivity index (χ1) is 9.06. The number of aliphatic hydroxyl groups is 2. The topological polar surface area (TPSA) is 114 Å². The number of aliphatic hydroxyl groups excluding tert-OH is 2. The number of aromatic amines is 1. The first-order valence-electron chi connectivity index (χ1n) is 5.84. The van der Waals surface area contributed by atoms with E-state index in [0.717, 1.165) is 0 Å². The van der Waals surface area contributed by atoms with Crippen molar-refractivity contribution < 1.29 is 19.7 Å². The number of aromatic nitrogens is 2. The van der Waals surface area contributed by atoms with Crippen LogP contribution < -0.4 is 11.2 Å². The predicted molar refractivity (Wildman–Crippen MR) is 63.7 cm³/mol. The standard InChI is InChI=1S/C11H16N2O6/c1-18-5-6-3-13(11(17)12-10(6)16)9-2-7(15)8(4-14)19-9/h3,7-9,14-15H,2,4-5H2,1H3,(H,12,16,17). The van der Waals surface area contributed by atoms with Gasteiger partial charge in [-0.25, -0.2) is 4.79 Å². The van der Waals surface area contributed by atoms with Crippen LogP contribution in [-0.4, -0.2) is 45.7 Å². The molecule has 2 heterocycles. The van der Waals surface area contributed by atoms with Crippen molar-refractivity contribution in [3.63, 3.8) is 0 Å². The first-order valence-corrected chi connectivity index (χ1v) is 5.84. The number of nitrogens with one attached hydrogen (secondary N) is 1. The molecule has 1 aromatic heterocycles. The summed E-state index contributed by atoms with van der Waals surface area (Å²) in [6.45, 7) is -0.269. The van der Waals surface area contributed by atoms with Crippen LogP contribution in [0.25, 0.3) is 0 Å². The zero-order chi connectivity index (χ0) is 14.0. The summed E-state index contributed by atoms with van der Waals surface area (Å²) in [5.41, 5.74) is -0.853. The van der Waals surface area contributed by atoms with E-state index in [4.69, 9.17) is 14.6 Å². The Morgan fingerprint density at radius 1 is 1.58 bits per heavy atom. The van der Waals surface area contributed by atoms with Gasteiger partial charge < -0.3 is 19.7 Å². The molecule has 0 amide bonds. The average Bonchev–Trinajstić information content (AvgIpc) is 2.74. The molecule has 8 nitrogen and oxygen atoms in total. The lowest BCUT2D eigenvalue weighted by Crippen LogP contribution is -2.34. The molecular formula is C11H16N2O6. The molecule has 8 heteroatoms. The van der Waals surface area contributed by atoms with Crippen LogP contribution in [0.15, 0.2) is 15.8 Å². The van der Waals surface area contributed by atoms with Crippen molar-refractivity contribution in [2.75, 3.05) is 13.7 Å². The van der Waals surface area contributed by atoms with Gasteiger partial charge in [0.2, 0.25) is 0 Å². The molecular weight excluding hydrogens is 256 g/mol. The van der Waals surface area contributed by atoms with E-state index in [1.807, 2.05) is 0 Å². The van der Waals surface area contributed by atoms with Crippen LogP contribution in [0.1, 0.15) is 18.2 Å². The van der Waals surface area contributed by atoms with Crippen LogP contribution in [0, 0.1) is 0 Å². The maximum absolute atomic E-state index is 11.7. The maximum atomic E-state index is 11.7. The molecule has 0 aromatic carbocycles. The molecule has 0 bridgehead atoms. The minimum absolute atomic E-state index is 0.0638. The monoisotopic (exact) mass is 272 g/mol. The van der Waals surface area contributed by atoms with Crippen molar-refractivity contribution in [1.82, 2.24) is 9.55 Å². The Hall–Kier alpha value is -1.48. The summed E-state index contributed by atoms with van der Waals surface area (Å²) < 4.78 is 11.4. The van der Waals surface area contributed by atoms with E-state index in [1.165, 1.54) is 17.9 Å². The first kappa shape index (κ1) is 13.9. The number of H-pyrrole nitrogens is 1. The normalized spacial score (nSPS) is 26.8. The highest BCUT2D eigenvalue weighted by molar-refractivity contribution is 5.04. The van der Waals surface area contributed by atoms with Crippen molar-refractivity contribution in [3.05, 3.63) is 32.6 Å². The molecule has 3 N–H and O–H groups in total. The summed E-state index contributed by atoms with van der Waals surface area (Å²) in [6, 6.07) is 0. The highest BCUT2D eigenvalue weighted by Gasteiger charge is 2.35. The highest BCUT2D eigenvalue weighted by Crippen LogP contribution is 2.27. The Kier molecular flexibility index (Phi) is 4.15. The third kappa shape index (κ3) is 2.76. The van der Waals surface area contributed by atoms with Crippen molar-refractivity contribution >= 4 is 0 Å². The molecule has 1 saturated heterocycles. The molecule has 106 valence electrons. The molecule has 3 atom stereocenters. The van der Waals surface area contributed by atoms with E-state index in [0.29, 0.717) is 0 Å². The van der Waals surface area contributed by atoms with E-state index in [9.17, 15) is 14.7 Å². The second-order valence-corrected chi connectivity index (χ2v) is 4.37. The molecule has 0 spiro atoms. The van der Waals surface area contributed by atoms with Gasteiger partial charge in [0.1, 0.15) is 12.3 Å². The Morgan fingerprint density at radius 2 is 2.32 bits per heavy atom. The third-order valence-electron chi connectivity index (χ3n) is 3.04. The molecule has 1 aliphatic heterocycles. The smallest absolute Gasteiger partial charge is 0.330 e. The summed E-state index contributed by atoms with van der Waals surface area (Å²) >= 11 is 0. The molecule has 0 saturated carbocycles. The number of methoxy groups -OCH3 is 1. The van der Waals surface area contributed by atoms with Crippen molar-refractivity contribution in [2.45, 2.75) is 31.5 Å². The van der Waals surface area contributed by atoms with Gasteiger partial charge >= 0.3 is 5.69 Å². The zero-order valence-electron chi connectivity index (χ0n) is 10.4. The van der Waals surface area contributed by atoms with Gasteiger partial charge in [0.25, 0.3) is 5.56 Å². The van der Waals surface area contributed by atoms with Gasteiger partial charge in [0, 0.05) is 19.7 Å². The van der Waals surface area contributed by atoms with E-state index in [2.05, 4.69) is 4.98 Å². The summed E-state index contributed by atoms with van der Waals surface area (Å²) in [6.07, 6.45) is -0.771. The predicted octanol–water partition coefficient (Wildman–Crippen LogP) is -1.68. The van der Waals surface area contributed by atoms with Crippen LogP contribution in [0.3, 0.4) is 0 Å². The summed E-state index contributed by atoms with van der Waals surface area (Å²) in [7, 11) is 1.44. The van der Waals surface area contributed by atoms with Crippen LogP contribution in [0.2, 0.25) is 0 Å². The number of nitrogens with zero attached hydrogens (tertiary/aromatic N) is 1. The second-order valence-electron chi connectivity index (χ2n) is 4.37. The van der Waals surface area contributed by atoms with Gasteiger partial charge in [-0.2, -0.15) is 0 Å². The Balaban J connectivity index is 2.33. The van der Waals surface area contributed by atoms with Gasteiger partial charge in [0.15, 0.2) is 0 Å². The number of rotatable bonds is 4. The van der Waals surface area contributed by atoms with Crippen molar-refractivity contribution in [2.24, 2.45) is 0 Å². The van der Waals surface area contributed by atoms with E-state index in [-0.39, 0.29) is 25.2 Å². The fourth-order valence-electron chi connectivity index (χ4n) is 2.05. The molecule has 1 aromatic rings. The number of ether oxygens (including phenoxy) is 2. The minimum atomic E-state index is -0.847. The molecule has 0 radical (unpaired) electrons. The maximum Gasteiger partial charge on any atom is 0.330 e. The quantitative estimate of drug-likeness (QED) is 0.603. The fraction of sp³-hybridized carbons (Fsp3) is 0.636. The summed E-state index contributed by atoms with van der Waals surface area (Å²) in [4.78, 5) is 25.4. The average molecular weight is 272 g/mol. The lowest BCUT2D eigenvalue weighted by atomic mass is 10.2. The molecule has 1 fully saturated rings. The zero-order valence-corrected chi connectivity index (χ0v) is 10.4. The second kappa shape index (κ2) is 5.66. The number of hydrogen-bond donors (Lipinski definition) is 3. The number of hydrogen-bond acceptors (Lipinski definition) is 6. The van der Waals surface area contributed by atoms with Crippen LogP contribution >= 0.6 is 0 Å².